The maximum Gasteiger partial charge on any atom is 0.133 e. The van der Waals surface area contributed by atoms with Crippen molar-refractivity contribution in [3.05, 3.63) is 11.9 Å². The van der Waals surface area contributed by atoms with Crippen molar-refractivity contribution >= 4 is 11.6 Å². The van der Waals surface area contributed by atoms with Gasteiger partial charge in [-0.15, -0.1) is 0 Å². The van der Waals surface area contributed by atoms with Crippen LogP contribution in [0.4, 0.5) is 11.6 Å². The van der Waals surface area contributed by atoms with E-state index in [1.807, 2.05) is 6.07 Å². The first-order valence-corrected chi connectivity index (χ1v) is 7.17. The summed E-state index contributed by atoms with van der Waals surface area (Å²) >= 11 is 0. The Bertz CT molecular complexity index is 374. The zero-order chi connectivity index (χ0) is 12.8. The molecular weight excluding hydrogens is 224 g/mol. The van der Waals surface area contributed by atoms with E-state index in [1.54, 1.807) is 0 Å². The van der Waals surface area contributed by atoms with Crippen molar-refractivity contribution in [3.8, 4) is 0 Å². The number of hydrogen-bond acceptors (Lipinski definition) is 4. The van der Waals surface area contributed by atoms with Crippen LogP contribution in [-0.2, 0) is 6.42 Å². The van der Waals surface area contributed by atoms with Gasteiger partial charge in [-0.2, -0.15) is 0 Å². The summed E-state index contributed by atoms with van der Waals surface area (Å²) in [7, 11) is 0. The van der Waals surface area contributed by atoms with Crippen molar-refractivity contribution in [1.29, 1.82) is 0 Å². The minimum atomic E-state index is 0.863. The molecule has 0 radical (unpaired) electrons. The molecule has 1 heterocycles. The number of aryl methyl sites for hydroxylation is 1. The molecule has 1 aromatic heterocycles. The Labute approximate surface area is 110 Å². The van der Waals surface area contributed by atoms with E-state index < -0.39 is 0 Å². The van der Waals surface area contributed by atoms with E-state index in [4.69, 9.17) is 0 Å². The van der Waals surface area contributed by atoms with E-state index in [0.717, 1.165) is 55.7 Å². The summed E-state index contributed by atoms with van der Waals surface area (Å²) in [6.07, 6.45) is 5.86. The first kappa shape index (κ1) is 13.1. The third-order valence-electron chi connectivity index (χ3n) is 3.07. The van der Waals surface area contributed by atoms with Gasteiger partial charge in [-0.25, -0.2) is 9.97 Å². The highest BCUT2D eigenvalue weighted by Gasteiger charge is 2.20. The van der Waals surface area contributed by atoms with Crippen molar-refractivity contribution in [1.82, 2.24) is 9.97 Å². The third-order valence-corrected chi connectivity index (χ3v) is 3.07. The minimum absolute atomic E-state index is 0.863. The van der Waals surface area contributed by atoms with Crippen LogP contribution in [0.25, 0.3) is 0 Å². The Kier molecular flexibility index (Phi) is 4.79. The predicted molar refractivity (Wildman–Crippen MR) is 76.0 cm³/mol. The van der Waals surface area contributed by atoms with Gasteiger partial charge in [-0.05, 0) is 31.6 Å². The normalized spacial score (nSPS) is 14.6. The van der Waals surface area contributed by atoms with Crippen molar-refractivity contribution in [3.63, 3.8) is 0 Å². The Morgan fingerprint density at radius 2 is 1.83 bits per heavy atom. The molecular formula is C14H24N4. The van der Waals surface area contributed by atoms with Gasteiger partial charge in [0, 0.05) is 25.6 Å². The first-order chi connectivity index (χ1) is 8.81. The van der Waals surface area contributed by atoms with E-state index in [9.17, 15) is 0 Å². The van der Waals surface area contributed by atoms with Crippen LogP contribution in [-0.4, -0.2) is 23.1 Å². The van der Waals surface area contributed by atoms with Crippen molar-refractivity contribution in [2.45, 2.75) is 46.0 Å². The molecule has 0 amide bonds. The Hall–Kier alpha value is -1.32. The fourth-order valence-electron chi connectivity index (χ4n) is 1.84. The molecule has 4 heteroatoms. The van der Waals surface area contributed by atoms with Crippen LogP contribution < -0.4 is 10.6 Å². The van der Waals surface area contributed by atoms with E-state index in [0.29, 0.717) is 0 Å². The molecule has 18 heavy (non-hydrogen) atoms. The Balaban J connectivity index is 2.01. The van der Waals surface area contributed by atoms with Crippen molar-refractivity contribution in [2.75, 3.05) is 23.7 Å². The fourth-order valence-corrected chi connectivity index (χ4v) is 1.84. The molecule has 0 bridgehead atoms. The molecule has 0 aliphatic heterocycles. The predicted octanol–water partition coefficient (Wildman–Crippen LogP) is 3.07. The average molecular weight is 248 g/mol. The van der Waals surface area contributed by atoms with Crippen LogP contribution in [0.5, 0.6) is 0 Å². The average Bonchev–Trinajstić information content (AvgIpc) is 3.18. The summed E-state index contributed by atoms with van der Waals surface area (Å²) in [5.74, 6) is 3.73. The van der Waals surface area contributed by atoms with Crippen molar-refractivity contribution in [2.24, 2.45) is 5.92 Å². The summed E-state index contributed by atoms with van der Waals surface area (Å²) in [6.45, 7) is 6.33. The smallest absolute Gasteiger partial charge is 0.133 e. The summed E-state index contributed by atoms with van der Waals surface area (Å²) in [6, 6.07) is 2.02. The van der Waals surface area contributed by atoms with Crippen LogP contribution >= 0.6 is 0 Å². The van der Waals surface area contributed by atoms with E-state index in [-0.39, 0.29) is 0 Å². The summed E-state index contributed by atoms with van der Waals surface area (Å²) in [5.41, 5.74) is 0. The van der Waals surface area contributed by atoms with Crippen LogP contribution in [0, 0.1) is 5.92 Å². The topological polar surface area (TPSA) is 49.8 Å². The van der Waals surface area contributed by atoms with Crippen molar-refractivity contribution < 1.29 is 0 Å². The van der Waals surface area contributed by atoms with Gasteiger partial charge in [-0.3, -0.25) is 0 Å². The van der Waals surface area contributed by atoms with Crippen LogP contribution in [0.2, 0.25) is 0 Å². The van der Waals surface area contributed by atoms with Crippen LogP contribution in [0.3, 0.4) is 0 Å². The summed E-state index contributed by atoms with van der Waals surface area (Å²) < 4.78 is 0. The number of aromatic nitrogens is 2. The maximum absolute atomic E-state index is 4.57. The lowest BCUT2D eigenvalue weighted by Crippen LogP contribution is -2.10. The van der Waals surface area contributed by atoms with Gasteiger partial charge in [0.15, 0.2) is 0 Å². The molecule has 0 spiro atoms. The van der Waals surface area contributed by atoms with Crippen LogP contribution in [0.15, 0.2) is 6.07 Å². The highest BCUT2D eigenvalue weighted by Crippen LogP contribution is 2.28. The molecule has 1 aliphatic carbocycles. The number of nitrogens with zero attached hydrogens (tertiary/aromatic N) is 2. The van der Waals surface area contributed by atoms with E-state index in [1.165, 1.54) is 12.8 Å². The SMILES string of the molecule is CCCNc1cc(NCC2CC2)nc(CCC)n1. The quantitative estimate of drug-likeness (QED) is 0.742. The van der Waals surface area contributed by atoms with E-state index in [2.05, 4.69) is 34.4 Å². The summed E-state index contributed by atoms with van der Waals surface area (Å²) in [4.78, 5) is 9.11. The zero-order valence-electron chi connectivity index (χ0n) is 11.5. The zero-order valence-corrected chi connectivity index (χ0v) is 11.5. The lowest BCUT2D eigenvalue weighted by Gasteiger charge is -2.10. The number of anilines is 2. The molecule has 0 aromatic carbocycles. The second-order valence-corrected chi connectivity index (χ2v) is 5.06. The molecule has 0 unspecified atom stereocenters. The first-order valence-electron chi connectivity index (χ1n) is 7.17. The molecule has 1 aromatic rings. The van der Waals surface area contributed by atoms with Gasteiger partial charge < -0.3 is 10.6 Å². The third kappa shape index (κ3) is 4.17. The highest BCUT2D eigenvalue weighted by molar-refractivity contribution is 5.47. The molecule has 1 saturated carbocycles. The minimum Gasteiger partial charge on any atom is -0.370 e. The molecule has 4 nitrogen and oxygen atoms in total. The second kappa shape index (κ2) is 6.57. The molecule has 2 rings (SSSR count). The monoisotopic (exact) mass is 248 g/mol. The molecule has 1 fully saturated rings. The molecule has 100 valence electrons. The van der Waals surface area contributed by atoms with E-state index >= 15 is 0 Å². The highest BCUT2D eigenvalue weighted by atomic mass is 15.1. The lowest BCUT2D eigenvalue weighted by atomic mass is 10.3. The standard InChI is InChI=1S/C14H24N4/c1-3-5-12-17-13(15-8-4-2)9-14(18-12)16-10-11-6-7-11/h9,11H,3-8,10H2,1-2H3,(H2,15,16,17,18). The van der Waals surface area contributed by atoms with Gasteiger partial charge in [-0.1, -0.05) is 13.8 Å². The van der Waals surface area contributed by atoms with Gasteiger partial charge in [0.05, 0.1) is 0 Å². The summed E-state index contributed by atoms with van der Waals surface area (Å²) in [5, 5.41) is 6.78. The Morgan fingerprint density at radius 1 is 1.11 bits per heavy atom. The Morgan fingerprint density at radius 3 is 2.44 bits per heavy atom. The van der Waals surface area contributed by atoms with Gasteiger partial charge in [0.25, 0.3) is 0 Å². The number of hydrogen-bond donors (Lipinski definition) is 2. The number of rotatable bonds is 8. The lowest BCUT2D eigenvalue weighted by molar-refractivity contribution is 0.823. The number of nitrogens with one attached hydrogen (secondary N) is 2. The molecule has 1 aliphatic rings. The second-order valence-electron chi connectivity index (χ2n) is 5.06. The maximum atomic E-state index is 4.57. The van der Waals surface area contributed by atoms with Gasteiger partial charge >= 0.3 is 0 Å². The van der Waals surface area contributed by atoms with Gasteiger partial charge in [0.1, 0.15) is 17.5 Å². The largest absolute Gasteiger partial charge is 0.370 e. The molecule has 0 saturated heterocycles. The molecule has 0 atom stereocenters. The van der Waals surface area contributed by atoms with Gasteiger partial charge in [0.2, 0.25) is 0 Å². The fraction of sp³-hybridized carbons (Fsp3) is 0.714. The van der Waals surface area contributed by atoms with Crippen LogP contribution in [0.1, 0.15) is 45.4 Å². The molecule has 2 N–H and O–H groups in total.